The third-order valence-electron chi connectivity index (χ3n) is 7.65. The predicted molar refractivity (Wildman–Crippen MR) is 208 cm³/mol. The molecule has 15 heteroatoms. The van der Waals surface area contributed by atoms with Gasteiger partial charge in [-0.05, 0) is 88.6 Å². The predicted octanol–water partition coefficient (Wildman–Crippen LogP) is 3.83. The molecule has 1 aromatic rings. The van der Waals surface area contributed by atoms with Gasteiger partial charge in [0, 0.05) is 52.4 Å². The number of alkyl carbamates (subject to hydrolysis) is 1. The van der Waals surface area contributed by atoms with E-state index in [-0.39, 0.29) is 52.4 Å². The van der Waals surface area contributed by atoms with Crippen LogP contribution in [0.4, 0.5) is 4.79 Å². The van der Waals surface area contributed by atoms with Gasteiger partial charge in [0.05, 0.1) is 19.6 Å². The fourth-order valence-corrected chi connectivity index (χ4v) is 5.49. The summed E-state index contributed by atoms with van der Waals surface area (Å²) in [6.45, 7) is 23.7. The van der Waals surface area contributed by atoms with E-state index in [2.05, 4.69) is 5.32 Å². The first-order valence-electron chi connectivity index (χ1n) is 19.0. The van der Waals surface area contributed by atoms with E-state index < -0.39 is 58.5 Å². The Hall–Kier alpha value is -3.79. The molecule has 312 valence electrons. The van der Waals surface area contributed by atoms with E-state index in [1.165, 1.54) is 0 Å². The van der Waals surface area contributed by atoms with Gasteiger partial charge in [-0.3, -0.25) is 39.3 Å². The van der Waals surface area contributed by atoms with E-state index >= 15 is 0 Å². The van der Waals surface area contributed by atoms with Crippen molar-refractivity contribution in [3.8, 4) is 0 Å². The molecule has 2 rings (SSSR count). The summed E-state index contributed by atoms with van der Waals surface area (Å²) < 4.78 is 28.2. The summed E-state index contributed by atoms with van der Waals surface area (Å²) in [4.78, 5) is 73.8. The Bertz CT molecular complexity index is 1350. The van der Waals surface area contributed by atoms with E-state index in [1.807, 2.05) is 45.0 Å². The normalized spacial score (nSPS) is 17.2. The van der Waals surface area contributed by atoms with Crippen LogP contribution in [0.1, 0.15) is 88.6 Å². The average Bonchev–Trinajstić information content (AvgIpc) is 2.99. The van der Waals surface area contributed by atoms with Crippen molar-refractivity contribution in [1.82, 2.24) is 24.9 Å². The summed E-state index contributed by atoms with van der Waals surface area (Å²) in [5, 5.41) is 2.72. The van der Waals surface area contributed by atoms with Gasteiger partial charge in [-0.25, -0.2) is 9.59 Å². The van der Waals surface area contributed by atoms with Gasteiger partial charge in [-0.2, -0.15) is 0 Å². The standard InChI is InChI=1S/C40H67N5O10/c1-37(2,3)52-31(46)26-42-18-20-43(27-32(47)53-38(4,5)6)22-24-45(25-23-44(21-19-42)28-33(48)54-39(7,8)9)34(35(49)55-40(10,11)12)41-36(50)51-29-30-16-14-13-15-17-30/h13-17,34H,18-29H2,1-12H3,(H,41,50). The maximum absolute atomic E-state index is 13.9. The highest BCUT2D eigenvalue weighted by molar-refractivity contribution is 5.81. The van der Waals surface area contributed by atoms with Crippen LogP contribution >= 0.6 is 0 Å². The Labute approximate surface area is 328 Å². The number of carbonyl (C=O) groups is 5. The highest BCUT2D eigenvalue weighted by Gasteiger charge is 2.34. The van der Waals surface area contributed by atoms with Crippen molar-refractivity contribution in [2.24, 2.45) is 0 Å². The van der Waals surface area contributed by atoms with Crippen LogP contribution in [0.15, 0.2) is 30.3 Å². The van der Waals surface area contributed by atoms with Crippen molar-refractivity contribution in [3.63, 3.8) is 0 Å². The first-order chi connectivity index (χ1) is 25.3. The zero-order valence-electron chi connectivity index (χ0n) is 35.3. The second-order valence-corrected chi connectivity index (χ2v) is 17.8. The highest BCUT2D eigenvalue weighted by atomic mass is 16.6. The van der Waals surface area contributed by atoms with Crippen molar-refractivity contribution >= 4 is 30.0 Å². The number of hydrogen-bond acceptors (Lipinski definition) is 14. The molecule has 1 unspecified atom stereocenters. The molecule has 1 heterocycles. The fourth-order valence-electron chi connectivity index (χ4n) is 5.49. The lowest BCUT2D eigenvalue weighted by Crippen LogP contribution is -2.58. The third-order valence-corrected chi connectivity index (χ3v) is 7.65. The molecule has 0 spiro atoms. The molecular formula is C40H67N5O10. The summed E-state index contributed by atoms with van der Waals surface area (Å²) in [6, 6.07) is 9.17. The number of nitrogens with one attached hydrogen (secondary N) is 1. The zero-order valence-corrected chi connectivity index (χ0v) is 35.3. The fraction of sp³-hybridized carbons (Fsp3) is 0.725. The zero-order chi connectivity index (χ0) is 41.6. The molecule has 1 amide bonds. The molecule has 0 saturated carbocycles. The number of hydrogen-bond donors (Lipinski definition) is 1. The van der Waals surface area contributed by atoms with E-state index in [0.717, 1.165) is 5.56 Å². The van der Waals surface area contributed by atoms with Crippen LogP contribution in [0.25, 0.3) is 0 Å². The highest BCUT2D eigenvalue weighted by Crippen LogP contribution is 2.15. The van der Waals surface area contributed by atoms with Gasteiger partial charge >= 0.3 is 30.0 Å². The quantitative estimate of drug-likeness (QED) is 0.256. The van der Waals surface area contributed by atoms with Gasteiger partial charge in [0.2, 0.25) is 0 Å². The van der Waals surface area contributed by atoms with Crippen molar-refractivity contribution in [2.45, 2.75) is 118 Å². The first-order valence-corrected chi connectivity index (χ1v) is 19.0. The van der Waals surface area contributed by atoms with Gasteiger partial charge < -0.3 is 23.7 Å². The van der Waals surface area contributed by atoms with E-state index in [1.54, 1.807) is 88.0 Å². The summed E-state index contributed by atoms with van der Waals surface area (Å²) in [7, 11) is 0. The molecule has 1 atom stereocenters. The number of amides is 1. The Morgan fingerprint density at radius 3 is 1.24 bits per heavy atom. The molecule has 0 bridgehead atoms. The average molecular weight is 778 g/mol. The molecule has 15 nitrogen and oxygen atoms in total. The van der Waals surface area contributed by atoms with Crippen LogP contribution in [0.3, 0.4) is 0 Å². The van der Waals surface area contributed by atoms with Crippen molar-refractivity contribution < 1.29 is 47.7 Å². The molecule has 0 aromatic heterocycles. The molecule has 1 aliphatic rings. The maximum Gasteiger partial charge on any atom is 0.409 e. The van der Waals surface area contributed by atoms with Crippen LogP contribution in [0.5, 0.6) is 0 Å². The van der Waals surface area contributed by atoms with Gasteiger partial charge in [-0.15, -0.1) is 0 Å². The maximum atomic E-state index is 13.9. The molecule has 1 aliphatic heterocycles. The smallest absolute Gasteiger partial charge is 0.409 e. The number of nitrogens with zero attached hydrogens (tertiary/aromatic N) is 4. The number of ether oxygens (including phenoxy) is 5. The van der Waals surface area contributed by atoms with Gasteiger partial charge in [0.15, 0.2) is 6.17 Å². The monoisotopic (exact) mass is 777 g/mol. The minimum Gasteiger partial charge on any atom is -0.459 e. The number of esters is 4. The lowest BCUT2D eigenvalue weighted by Gasteiger charge is -2.37. The molecule has 55 heavy (non-hydrogen) atoms. The Morgan fingerprint density at radius 1 is 0.545 bits per heavy atom. The number of benzene rings is 1. The topological polar surface area (TPSA) is 156 Å². The van der Waals surface area contributed by atoms with Crippen LogP contribution in [-0.4, -0.2) is 150 Å². The first kappa shape index (κ1) is 47.4. The molecular weight excluding hydrogens is 710 g/mol. The summed E-state index contributed by atoms with van der Waals surface area (Å²) in [6.07, 6.45) is -2.10. The molecule has 1 saturated heterocycles. The molecule has 0 radical (unpaired) electrons. The second-order valence-electron chi connectivity index (χ2n) is 17.8. The Kier molecular flexibility index (Phi) is 18.0. The summed E-state index contributed by atoms with van der Waals surface area (Å²) in [5.41, 5.74) is -2.19. The third kappa shape index (κ3) is 21.8. The second kappa shape index (κ2) is 20.9. The van der Waals surface area contributed by atoms with Gasteiger partial charge in [0.25, 0.3) is 0 Å². The molecule has 1 aromatic carbocycles. The van der Waals surface area contributed by atoms with Crippen LogP contribution in [-0.2, 0) is 49.5 Å². The molecule has 0 aliphatic carbocycles. The number of rotatable bonds is 11. The van der Waals surface area contributed by atoms with Crippen molar-refractivity contribution in [2.75, 3.05) is 72.0 Å². The lowest BCUT2D eigenvalue weighted by molar-refractivity contribution is -0.164. The van der Waals surface area contributed by atoms with Crippen molar-refractivity contribution in [3.05, 3.63) is 35.9 Å². The minimum absolute atomic E-state index is 0.000316. The molecule has 1 N–H and O–H groups in total. The molecule has 1 fully saturated rings. The van der Waals surface area contributed by atoms with Gasteiger partial charge in [0.1, 0.15) is 29.0 Å². The van der Waals surface area contributed by atoms with Crippen LogP contribution in [0.2, 0.25) is 0 Å². The summed E-state index contributed by atoms with van der Waals surface area (Å²) >= 11 is 0. The lowest BCUT2D eigenvalue weighted by atomic mass is 10.2. The van der Waals surface area contributed by atoms with E-state index in [9.17, 15) is 24.0 Å². The number of carbonyl (C=O) groups excluding carboxylic acids is 5. The van der Waals surface area contributed by atoms with Gasteiger partial charge in [-0.1, -0.05) is 30.3 Å². The van der Waals surface area contributed by atoms with E-state index in [4.69, 9.17) is 23.7 Å². The SMILES string of the molecule is CC(C)(C)OC(=O)CN1CCN(CC(=O)OC(C)(C)C)CCN(C(NC(=O)OCc2ccccc2)C(=O)OC(C)(C)C)CCN(CC(=O)OC(C)(C)C)CC1. The minimum atomic E-state index is -1.28. The van der Waals surface area contributed by atoms with Crippen molar-refractivity contribution in [1.29, 1.82) is 0 Å². The summed E-state index contributed by atoms with van der Waals surface area (Å²) in [5.74, 6) is -1.95. The Morgan fingerprint density at radius 2 is 0.891 bits per heavy atom. The van der Waals surface area contributed by atoms with E-state index in [0.29, 0.717) is 26.2 Å². The largest absolute Gasteiger partial charge is 0.459 e. The van der Waals surface area contributed by atoms with Crippen LogP contribution < -0.4 is 5.32 Å². The Balaban J connectivity index is 2.50. The van der Waals surface area contributed by atoms with Crippen LogP contribution in [0, 0.1) is 0 Å².